The van der Waals surface area contributed by atoms with Gasteiger partial charge in [-0.15, -0.1) is 0 Å². The van der Waals surface area contributed by atoms with Crippen LogP contribution >= 0.6 is 15.9 Å². The minimum Gasteiger partial charge on any atom is -0.489 e. The highest BCUT2D eigenvalue weighted by Crippen LogP contribution is 2.43. The van der Waals surface area contributed by atoms with Crippen molar-refractivity contribution in [3.05, 3.63) is 57.6 Å². The van der Waals surface area contributed by atoms with Gasteiger partial charge in [0.1, 0.15) is 18.1 Å². The molecule has 5 nitrogen and oxygen atoms in total. The number of rotatable bonds is 9. The molecule has 0 fully saturated rings. The lowest BCUT2D eigenvalue weighted by molar-refractivity contribution is -0.141. The standard InChI is InChI=1S/C19H20BrF3O5/c1-24-11-28-17-15(19(21,22)23)9-4-12(16(17)18(25-2)26-3)10-27-14-7-5-13(20)6-8-14/h4-9,18H,10-11H2,1-3H3. The molecule has 0 bridgehead atoms. The van der Waals surface area contributed by atoms with Crippen molar-refractivity contribution in [3.63, 3.8) is 0 Å². The fraction of sp³-hybridized carbons (Fsp3) is 0.368. The van der Waals surface area contributed by atoms with Crippen LogP contribution in [0.2, 0.25) is 0 Å². The summed E-state index contributed by atoms with van der Waals surface area (Å²) in [6.45, 7) is -0.380. The Morgan fingerprint density at radius 2 is 1.57 bits per heavy atom. The first-order valence-corrected chi connectivity index (χ1v) is 8.89. The van der Waals surface area contributed by atoms with E-state index in [1.165, 1.54) is 27.4 Å². The van der Waals surface area contributed by atoms with E-state index in [0.29, 0.717) is 11.3 Å². The molecule has 0 aliphatic carbocycles. The van der Waals surface area contributed by atoms with Crippen LogP contribution in [-0.4, -0.2) is 28.1 Å². The van der Waals surface area contributed by atoms with E-state index < -0.39 is 23.8 Å². The van der Waals surface area contributed by atoms with Crippen molar-refractivity contribution in [2.75, 3.05) is 28.1 Å². The third kappa shape index (κ3) is 5.60. The van der Waals surface area contributed by atoms with Crippen LogP contribution in [0, 0.1) is 0 Å². The molecule has 0 radical (unpaired) electrons. The predicted octanol–water partition coefficient (Wildman–Crippen LogP) is 5.32. The highest BCUT2D eigenvalue weighted by atomic mass is 79.9. The van der Waals surface area contributed by atoms with E-state index in [4.69, 9.17) is 23.7 Å². The summed E-state index contributed by atoms with van der Waals surface area (Å²) in [4.78, 5) is 0. The van der Waals surface area contributed by atoms with E-state index in [0.717, 1.165) is 10.5 Å². The van der Waals surface area contributed by atoms with Gasteiger partial charge in [0, 0.05) is 31.4 Å². The van der Waals surface area contributed by atoms with Crippen molar-refractivity contribution in [2.24, 2.45) is 0 Å². The number of ether oxygens (including phenoxy) is 5. The third-order valence-electron chi connectivity index (χ3n) is 3.78. The van der Waals surface area contributed by atoms with E-state index in [1.54, 1.807) is 24.3 Å². The largest absolute Gasteiger partial charge is 0.489 e. The van der Waals surface area contributed by atoms with E-state index in [-0.39, 0.29) is 19.0 Å². The second-order valence-corrected chi connectivity index (χ2v) is 6.53. The van der Waals surface area contributed by atoms with Crippen LogP contribution in [-0.2, 0) is 27.0 Å². The maximum Gasteiger partial charge on any atom is 0.419 e. The smallest absolute Gasteiger partial charge is 0.419 e. The van der Waals surface area contributed by atoms with E-state index >= 15 is 0 Å². The Labute approximate surface area is 169 Å². The fourth-order valence-corrected chi connectivity index (χ4v) is 2.81. The summed E-state index contributed by atoms with van der Waals surface area (Å²) in [6, 6.07) is 9.33. The number of methoxy groups -OCH3 is 3. The summed E-state index contributed by atoms with van der Waals surface area (Å²) in [5, 5.41) is 0. The van der Waals surface area contributed by atoms with E-state index in [1.807, 2.05) is 0 Å². The molecular weight excluding hydrogens is 445 g/mol. The van der Waals surface area contributed by atoms with Crippen molar-refractivity contribution >= 4 is 15.9 Å². The molecule has 28 heavy (non-hydrogen) atoms. The topological polar surface area (TPSA) is 46.2 Å². The van der Waals surface area contributed by atoms with E-state index in [9.17, 15) is 13.2 Å². The molecule has 0 aliphatic rings. The SMILES string of the molecule is COCOc1c(C(F)(F)F)ccc(COc2ccc(Br)cc2)c1C(OC)OC. The minimum atomic E-state index is -4.63. The molecule has 0 saturated carbocycles. The minimum absolute atomic E-state index is 0.0122. The van der Waals surface area contributed by atoms with Gasteiger partial charge in [0.15, 0.2) is 13.1 Å². The Bertz CT molecular complexity index is 761. The third-order valence-corrected chi connectivity index (χ3v) is 4.31. The molecule has 0 aromatic heterocycles. The van der Waals surface area contributed by atoms with Gasteiger partial charge in [-0.2, -0.15) is 13.2 Å². The Balaban J connectivity index is 2.48. The first-order valence-electron chi connectivity index (χ1n) is 8.10. The zero-order chi connectivity index (χ0) is 20.7. The van der Waals surface area contributed by atoms with Crippen LogP contribution in [0.25, 0.3) is 0 Å². The fourth-order valence-electron chi connectivity index (χ4n) is 2.54. The van der Waals surface area contributed by atoms with Crippen molar-refractivity contribution in [1.29, 1.82) is 0 Å². The molecule has 0 amide bonds. The number of alkyl halides is 3. The number of halogens is 4. The summed E-state index contributed by atoms with van der Waals surface area (Å²) >= 11 is 3.33. The van der Waals surface area contributed by atoms with Gasteiger partial charge >= 0.3 is 6.18 Å². The Morgan fingerprint density at radius 3 is 2.11 bits per heavy atom. The molecular formula is C19H20BrF3O5. The average molecular weight is 465 g/mol. The van der Waals surface area contributed by atoms with Gasteiger partial charge in [-0.3, -0.25) is 0 Å². The summed E-state index contributed by atoms with van der Waals surface area (Å²) in [5.41, 5.74) is -0.434. The highest BCUT2D eigenvalue weighted by Gasteiger charge is 2.38. The first-order chi connectivity index (χ1) is 13.3. The van der Waals surface area contributed by atoms with Gasteiger partial charge in [0.05, 0.1) is 11.1 Å². The van der Waals surface area contributed by atoms with Gasteiger partial charge in [-0.1, -0.05) is 22.0 Å². The lowest BCUT2D eigenvalue weighted by atomic mass is 10.0. The van der Waals surface area contributed by atoms with Crippen LogP contribution in [0.3, 0.4) is 0 Å². The van der Waals surface area contributed by atoms with Gasteiger partial charge < -0.3 is 23.7 Å². The van der Waals surface area contributed by atoms with Crippen LogP contribution < -0.4 is 9.47 Å². The van der Waals surface area contributed by atoms with Gasteiger partial charge in [-0.25, -0.2) is 0 Å². The monoisotopic (exact) mass is 464 g/mol. The predicted molar refractivity (Wildman–Crippen MR) is 99.2 cm³/mol. The summed E-state index contributed by atoms with van der Waals surface area (Å²) in [7, 11) is 3.97. The number of hydrogen-bond acceptors (Lipinski definition) is 5. The molecule has 2 aromatic carbocycles. The number of benzene rings is 2. The van der Waals surface area contributed by atoms with Gasteiger partial charge in [0.25, 0.3) is 0 Å². The zero-order valence-electron chi connectivity index (χ0n) is 15.5. The van der Waals surface area contributed by atoms with Crippen LogP contribution in [0.15, 0.2) is 40.9 Å². The first kappa shape index (κ1) is 22.5. The second kappa shape index (κ2) is 10.1. The quantitative estimate of drug-likeness (QED) is 0.470. The zero-order valence-corrected chi connectivity index (χ0v) is 17.1. The van der Waals surface area contributed by atoms with Crippen molar-refractivity contribution in [2.45, 2.75) is 19.1 Å². The van der Waals surface area contributed by atoms with Crippen molar-refractivity contribution in [3.8, 4) is 11.5 Å². The lowest BCUT2D eigenvalue weighted by Gasteiger charge is -2.24. The van der Waals surface area contributed by atoms with Crippen LogP contribution in [0.5, 0.6) is 11.5 Å². The Morgan fingerprint density at radius 1 is 0.929 bits per heavy atom. The summed E-state index contributed by atoms with van der Waals surface area (Å²) < 4.78 is 67.6. The molecule has 0 unspecified atom stereocenters. The molecule has 154 valence electrons. The number of hydrogen-bond donors (Lipinski definition) is 0. The maximum absolute atomic E-state index is 13.5. The van der Waals surface area contributed by atoms with E-state index in [2.05, 4.69) is 15.9 Å². The highest BCUT2D eigenvalue weighted by molar-refractivity contribution is 9.10. The average Bonchev–Trinajstić information content (AvgIpc) is 2.66. The maximum atomic E-state index is 13.5. The van der Waals surface area contributed by atoms with Crippen molar-refractivity contribution < 1.29 is 36.9 Å². The summed E-state index contributed by atoms with van der Waals surface area (Å²) in [6.07, 6.45) is -5.72. The van der Waals surface area contributed by atoms with Gasteiger partial charge in [-0.05, 0) is 30.3 Å². The normalized spacial score (nSPS) is 11.7. The molecule has 0 aliphatic heterocycles. The van der Waals surface area contributed by atoms with Crippen LogP contribution in [0.4, 0.5) is 13.2 Å². The lowest BCUT2D eigenvalue weighted by Crippen LogP contribution is -2.17. The molecule has 0 saturated heterocycles. The van der Waals surface area contributed by atoms with Crippen molar-refractivity contribution in [1.82, 2.24) is 0 Å². The summed E-state index contributed by atoms with van der Waals surface area (Å²) in [5.74, 6) is 0.139. The van der Waals surface area contributed by atoms with Crippen LogP contribution in [0.1, 0.15) is 23.0 Å². The molecule has 9 heteroatoms. The molecule has 0 heterocycles. The molecule has 2 aromatic rings. The molecule has 0 atom stereocenters. The Hall–Kier alpha value is -1.81. The molecule has 0 spiro atoms. The van der Waals surface area contributed by atoms with Gasteiger partial charge in [0.2, 0.25) is 0 Å². The second-order valence-electron chi connectivity index (χ2n) is 5.61. The Kier molecular flexibility index (Phi) is 8.11. The molecule has 0 N–H and O–H groups in total. The molecule has 2 rings (SSSR count).